The third-order valence-electron chi connectivity index (χ3n) is 4.26. The molecule has 0 saturated carbocycles. The van der Waals surface area contributed by atoms with Crippen molar-refractivity contribution in [1.82, 2.24) is 24.4 Å². The quantitative estimate of drug-likeness (QED) is 0.766. The molecular formula is C17H23N5O2. The second-order valence-corrected chi connectivity index (χ2v) is 5.96. The Morgan fingerprint density at radius 1 is 1.29 bits per heavy atom. The maximum absolute atomic E-state index is 12.6. The van der Waals surface area contributed by atoms with Crippen LogP contribution in [0.25, 0.3) is 0 Å². The highest BCUT2D eigenvalue weighted by molar-refractivity contribution is 5.76. The normalized spacial score (nSPS) is 17.8. The van der Waals surface area contributed by atoms with E-state index in [-0.39, 0.29) is 11.9 Å². The summed E-state index contributed by atoms with van der Waals surface area (Å²) in [4.78, 5) is 26.9. The van der Waals surface area contributed by atoms with Crippen molar-refractivity contribution in [1.29, 1.82) is 0 Å². The molecule has 0 N–H and O–H groups in total. The van der Waals surface area contributed by atoms with Crippen molar-refractivity contribution in [2.75, 3.05) is 19.8 Å². The van der Waals surface area contributed by atoms with E-state index in [1.165, 1.54) is 0 Å². The molecule has 2 aromatic rings. The molecule has 24 heavy (non-hydrogen) atoms. The van der Waals surface area contributed by atoms with Gasteiger partial charge >= 0.3 is 0 Å². The highest BCUT2D eigenvalue weighted by Crippen LogP contribution is 2.15. The summed E-state index contributed by atoms with van der Waals surface area (Å²) < 4.78 is 7.57. The first kappa shape index (κ1) is 16.6. The number of imidazole rings is 1. The van der Waals surface area contributed by atoms with E-state index < -0.39 is 0 Å². The second kappa shape index (κ2) is 8.54. The maximum Gasteiger partial charge on any atom is 0.223 e. The summed E-state index contributed by atoms with van der Waals surface area (Å²) in [6, 6.07) is 0.126. The first-order valence-electron chi connectivity index (χ1n) is 8.41. The fourth-order valence-corrected chi connectivity index (χ4v) is 2.97. The van der Waals surface area contributed by atoms with Crippen LogP contribution < -0.4 is 0 Å². The van der Waals surface area contributed by atoms with E-state index in [9.17, 15) is 4.79 Å². The maximum atomic E-state index is 12.6. The van der Waals surface area contributed by atoms with Crippen molar-refractivity contribution < 1.29 is 9.53 Å². The number of aryl methyl sites for hydroxylation is 2. The number of ether oxygens (including phenoxy) is 1. The SMILES string of the molecule is O=C(CCCn1ccnc1)N1CCOC[C@H]1CCc1cnccn1. The van der Waals surface area contributed by atoms with E-state index in [1.807, 2.05) is 15.7 Å². The summed E-state index contributed by atoms with van der Waals surface area (Å²) in [7, 11) is 0. The number of nitrogens with zero attached hydrogens (tertiary/aromatic N) is 5. The van der Waals surface area contributed by atoms with Gasteiger partial charge in [0, 0.05) is 50.5 Å². The predicted molar refractivity (Wildman–Crippen MR) is 88.1 cm³/mol. The van der Waals surface area contributed by atoms with Crippen LogP contribution >= 0.6 is 0 Å². The molecule has 7 heteroatoms. The van der Waals surface area contributed by atoms with Gasteiger partial charge in [0.2, 0.25) is 5.91 Å². The second-order valence-electron chi connectivity index (χ2n) is 5.96. The van der Waals surface area contributed by atoms with Gasteiger partial charge in [0.05, 0.1) is 31.3 Å². The zero-order chi connectivity index (χ0) is 16.6. The van der Waals surface area contributed by atoms with Crippen molar-refractivity contribution in [2.45, 2.75) is 38.3 Å². The topological polar surface area (TPSA) is 73.1 Å². The lowest BCUT2D eigenvalue weighted by Gasteiger charge is -2.35. The number of aromatic nitrogens is 4. The Morgan fingerprint density at radius 2 is 2.25 bits per heavy atom. The summed E-state index contributed by atoms with van der Waals surface area (Å²) >= 11 is 0. The number of amides is 1. The van der Waals surface area contributed by atoms with Gasteiger partial charge in [-0.15, -0.1) is 0 Å². The Balaban J connectivity index is 1.48. The highest BCUT2D eigenvalue weighted by Gasteiger charge is 2.26. The molecule has 0 aromatic carbocycles. The van der Waals surface area contributed by atoms with Crippen LogP contribution in [0.1, 0.15) is 25.0 Å². The third kappa shape index (κ3) is 4.61. The highest BCUT2D eigenvalue weighted by atomic mass is 16.5. The Bertz CT molecular complexity index is 617. The number of carbonyl (C=O) groups is 1. The Hall–Kier alpha value is -2.28. The first-order chi connectivity index (χ1) is 11.8. The van der Waals surface area contributed by atoms with Crippen molar-refractivity contribution in [2.24, 2.45) is 0 Å². The van der Waals surface area contributed by atoms with E-state index in [0.717, 1.165) is 31.5 Å². The minimum absolute atomic E-state index is 0.126. The molecule has 0 unspecified atom stereocenters. The average Bonchev–Trinajstić information content (AvgIpc) is 3.14. The van der Waals surface area contributed by atoms with Crippen LogP contribution in [-0.4, -0.2) is 56.1 Å². The summed E-state index contributed by atoms with van der Waals surface area (Å²) in [6.07, 6.45) is 13.6. The number of carbonyl (C=O) groups excluding carboxylic acids is 1. The zero-order valence-electron chi connectivity index (χ0n) is 13.8. The summed E-state index contributed by atoms with van der Waals surface area (Å²) in [5.41, 5.74) is 0.954. The molecule has 0 aliphatic carbocycles. The summed E-state index contributed by atoms with van der Waals surface area (Å²) in [5, 5.41) is 0. The van der Waals surface area contributed by atoms with Gasteiger partial charge in [-0.1, -0.05) is 0 Å². The molecule has 1 atom stereocenters. The standard InChI is InChI=1S/C17H23N5O2/c23-17(2-1-8-21-9-7-19-14-21)22-10-11-24-13-16(22)4-3-15-12-18-5-6-20-15/h5-7,9,12,14,16H,1-4,8,10-11,13H2/t16-/m1/s1. The number of hydrogen-bond acceptors (Lipinski definition) is 5. The Morgan fingerprint density at radius 3 is 3.04 bits per heavy atom. The molecule has 3 heterocycles. The van der Waals surface area contributed by atoms with E-state index in [2.05, 4.69) is 15.0 Å². The minimum Gasteiger partial charge on any atom is -0.377 e. The van der Waals surface area contributed by atoms with Crippen molar-refractivity contribution in [3.8, 4) is 0 Å². The van der Waals surface area contributed by atoms with E-state index >= 15 is 0 Å². The number of morpholine rings is 1. The molecule has 3 rings (SSSR count). The molecule has 0 bridgehead atoms. The fraction of sp³-hybridized carbons (Fsp3) is 0.529. The molecular weight excluding hydrogens is 306 g/mol. The molecule has 7 nitrogen and oxygen atoms in total. The van der Waals surface area contributed by atoms with Crippen molar-refractivity contribution in [3.05, 3.63) is 43.0 Å². The van der Waals surface area contributed by atoms with Gasteiger partial charge in [-0.3, -0.25) is 14.8 Å². The lowest BCUT2D eigenvalue weighted by molar-refractivity contribution is -0.140. The third-order valence-corrected chi connectivity index (χ3v) is 4.26. The molecule has 1 amide bonds. The zero-order valence-corrected chi connectivity index (χ0v) is 13.8. The molecule has 1 aliphatic rings. The van der Waals surface area contributed by atoms with E-state index in [1.54, 1.807) is 31.1 Å². The van der Waals surface area contributed by atoms with Gasteiger partial charge in [0.1, 0.15) is 0 Å². The Labute approximate surface area is 141 Å². The molecule has 1 fully saturated rings. The molecule has 128 valence electrons. The molecule has 1 aliphatic heterocycles. The van der Waals surface area contributed by atoms with Crippen LogP contribution in [0.15, 0.2) is 37.3 Å². The first-order valence-corrected chi connectivity index (χ1v) is 8.41. The number of hydrogen-bond donors (Lipinski definition) is 0. The summed E-state index contributed by atoms with van der Waals surface area (Å²) in [6.45, 7) is 2.72. The predicted octanol–water partition coefficient (Wildman–Crippen LogP) is 1.31. The Kier molecular flexibility index (Phi) is 5.90. The molecule has 0 spiro atoms. The smallest absolute Gasteiger partial charge is 0.223 e. The van der Waals surface area contributed by atoms with E-state index in [4.69, 9.17) is 4.74 Å². The van der Waals surface area contributed by atoms with Crippen LogP contribution in [0.2, 0.25) is 0 Å². The monoisotopic (exact) mass is 329 g/mol. The fourth-order valence-electron chi connectivity index (χ4n) is 2.97. The van der Waals surface area contributed by atoms with Gasteiger partial charge in [0.15, 0.2) is 0 Å². The van der Waals surface area contributed by atoms with Crippen LogP contribution in [-0.2, 0) is 22.5 Å². The molecule has 0 radical (unpaired) electrons. The van der Waals surface area contributed by atoms with Crippen LogP contribution in [0.5, 0.6) is 0 Å². The van der Waals surface area contributed by atoms with Crippen molar-refractivity contribution in [3.63, 3.8) is 0 Å². The van der Waals surface area contributed by atoms with Gasteiger partial charge in [0.25, 0.3) is 0 Å². The van der Waals surface area contributed by atoms with Gasteiger partial charge < -0.3 is 14.2 Å². The average molecular weight is 329 g/mol. The largest absolute Gasteiger partial charge is 0.377 e. The van der Waals surface area contributed by atoms with E-state index in [0.29, 0.717) is 26.2 Å². The number of rotatable bonds is 7. The lowest BCUT2D eigenvalue weighted by Crippen LogP contribution is -2.48. The lowest BCUT2D eigenvalue weighted by atomic mass is 10.1. The van der Waals surface area contributed by atoms with Gasteiger partial charge in [-0.2, -0.15) is 0 Å². The molecule has 2 aromatic heterocycles. The summed E-state index contributed by atoms with van der Waals surface area (Å²) in [5.74, 6) is 0.211. The van der Waals surface area contributed by atoms with Gasteiger partial charge in [-0.05, 0) is 19.3 Å². The van der Waals surface area contributed by atoms with Crippen LogP contribution in [0.3, 0.4) is 0 Å². The van der Waals surface area contributed by atoms with Crippen LogP contribution in [0.4, 0.5) is 0 Å². The van der Waals surface area contributed by atoms with Gasteiger partial charge in [-0.25, -0.2) is 4.98 Å². The van der Waals surface area contributed by atoms with Crippen LogP contribution in [0, 0.1) is 0 Å². The minimum atomic E-state index is 0.126. The molecule has 1 saturated heterocycles. The van der Waals surface area contributed by atoms with Crippen molar-refractivity contribution >= 4 is 5.91 Å².